The molecular weight excluding hydrogens is 248 g/mol. The first-order chi connectivity index (χ1) is 8.80. The fraction of sp³-hybridized carbons (Fsp3) is 0.462. The monoisotopic (exact) mass is 266 g/mol. The number of carboxylic acids is 1. The Kier molecular flexibility index (Phi) is 4.47. The van der Waals surface area contributed by atoms with E-state index in [9.17, 15) is 14.4 Å². The van der Waals surface area contributed by atoms with Gasteiger partial charge in [0.05, 0.1) is 5.41 Å². The van der Waals surface area contributed by atoms with E-state index in [1.807, 2.05) is 0 Å². The Bertz CT molecular complexity index is 550. The van der Waals surface area contributed by atoms with Gasteiger partial charge in [-0.3, -0.25) is 14.4 Å². The largest absolute Gasteiger partial charge is 0.481 e. The van der Waals surface area contributed by atoms with Crippen molar-refractivity contribution in [2.75, 3.05) is 6.54 Å². The highest BCUT2D eigenvalue weighted by molar-refractivity contribution is 5.94. The smallest absolute Gasteiger partial charge is 0.311 e. The molecule has 2 N–H and O–H groups in total. The molecule has 1 rings (SSSR count). The molecule has 19 heavy (non-hydrogen) atoms. The fourth-order valence-electron chi connectivity index (χ4n) is 1.42. The summed E-state index contributed by atoms with van der Waals surface area (Å²) in [6.45, 7) is 3.34. The predicted octanol–water partition coefficient (Wildman–Crippen LogP) is 0.616. The summed E-state index contributed by atoms with van der Waals surface area (Å²) >= 11 is 0. The molecule has 0 aliphatic heterocycles. The lowest BCUT2D eigenvalue weighted by molar-refractivity contribution is -0.147. The standard InChI is InChI=1S/C13H18N2O4/c1-4-13(2,12(18)19)8-14-11(17)9-5-6-15(3)10(16)7-9/h5-7H,4,8H2,1-3H3,(H,14,17)(H,18,19). The van der Waals surface area contributed by atoms with Gasteiger partial charge in [0, 0.05) is 31.4 Å². The lowest BCUT2D eigenvalue weighted by Crippen LogP contribution is -2.40. The Morgan fingerprint density at radius 1 is 1.47 bits per heavy atom. The van der Waals surface area contributed by atoms with Gasteiger partial charge in [-0.1, -0.05) is 6.92 Å². The van der Waals surface area contributed by atoms with Gasteiger partial charge in [-0.15, -0.1) is 0 Å². The first kappa shape index (κ1) is 14.9. The van der Waals surface area contributed by atoms with Crippen molar-refractivity contribution in [1.29, 1.82) is 0 Å². The molecule has 6 heteroatoms. The van der Waals surface area contributed by atoms with E-state index in [1.54, 1.807) is 20.9 Å². The maximum Gasteiger partial charge on any atom is 0.311 e. The molecule has 6 nitrogen and oxygen atoms in total. The van der Waals surface area contributed by atoms with Crippen LogP contribution in [0.2, 0.25) is 0 Å². The van der Waals surface area contributed by atoms with Crippen LogP contribution in [-0.4, -0.2) is 28.1 Å². The molecule has 0 saturated carbocycles. The van der Waals surface area contributed by atoms with E-state index >= 15 is 0 Å². The molecule has 0 bridgehead atoms. The Morgan fingerprint density at radius 3 is 2.58 bits per heavy atom. The van der Waals surface area contributed by atoms with Gasteiger partial charge in [0.2, 0.25) is 0 Å². The molecule has 0 aliphatic rings. The Balaban J connectivity index is 2.78. The number of hydrogen-bond donors (Lipinski definition) is 2. The second-order valence-electron chi connectivity index (χ2n) is 4.77. The topological polar surface area (TPSA) is 88.4 Å². The predicted molar refractivity (Wildman–Crippen MR) is 70.1 cm³/mol. The van der Waals surface area contributed by atoms with E-state index in [-0.39, 0.29) is 17.7 Å². The number of amides is 1. The second-order valence-corrected chi connectivity index (χ2v) is 4.77. The number of rotatable bonds is 5. The van der Waals surface area contributed by atoms with Crippen LogP contribution < -0.4 is 10.9 Å². The van der Waals surface area contributed by atoms with Gasteiger partial charge in [-0.2, -0.15) is 0 Å². The van der Waals surface area contributed by atoms with Crippen LogP contribution in [0, 0.1) is 5.41 Å². The number of nitrogens with zero attached hydrogens (tertiary/aromatic N) is 1. The number of carbonyl (C=O) groups is 2. The Labute approximate surface area is 111 Å². The van der Waals surface area contributed by atoms with Crippen LogP contribution in [0.15, 0.2) is 23.1 Å². The van der Waals surface area contributed by atoms with Crippen molar-refractivity contribution < 1.29 is 14.7 Å². The van der Waals surface area contributed by atoms with E-state index in [0.717, 1.165) is 0 Å². The summed E-state index contributed by atoms with van der Waals surface area (Å²) in [4.78, 5) is 34.3. The number of aliphatic carboxylic acids is 1. The molecule has 0 saturated heterocycles. The van der Waals surface area contributed by atoms with Crippen LogP contribution in [-0.2, 0) is 11.8 Å². The maximum absolute atomic E-state index is 11.8. The molecule has 1 atom stereocenters. The molecule has 0 aliphatic carbocycles. The van der Waals surface area contributed by atoms with Crippen molar-refractivity contribution in [2.24, 2.45) is 12.5 Å². The van der Waals surface area contributed by atoms with Gasteiger partial charge in [-0.25, -0.2) is 0 Å². The minimum Gasteiger partial charge on any atom is -0.481 e. The molecule has 1 aromatic rings. The summed E-state index contributed by atoms with van der Waals surface area (Å²) in [7, 11) is 1.59. The van der Waals surface area contributed by atoms with Crippen LogP contribution in [0.5, 0.6) is 0 Å². The van der Waals surface area contributed by atoms with Crippen LogP contribution >= 0.6 is 0 Å². The molecule has 0 aromatic carbocycles. The molecule has 1 aromatic heterocycles. The van der Waals surface area contributed by atoms with Crippen LogP contribution in [0.4, 0.5) is 0 Å². The van der Waals surface area contributed by atoms with Crippen LogP contribution in [0.25, 0.3) is 0 Å². The van der Waals surface area contributed by atoms with E-state index in [4.69, 9.17) is 5.11 Å². The van der Waals surface area contributed by atoms with Crippen LogP contribution in [0.3, 0.4) is 0 Å². The summed E-state index contributed by atoms with van der Waals surface area (Å²) < 4.78 is 1.35. The minimum absolute atomic E-state index is 0.0207. The molecule has 1 heterocycles. The highest BCUT2D eigenvalue weighted by atomic mass is 16.4. The molecule has 0 radical (unpaired) electrons. The van der Waals surface area contributed by atoms with E-state index in [1.165, 1.54) is 22.9 Å². The Hall–Kier alpha value is -2.11. The zero-order valence-corrected chi connectivity index (χ0v) is 11.3. The van der Waals surface area contributed by atoms with Gasteiger partial charge < -0.3 is 15.0 Å². The normalized spacial score (nSPS) is 13.6. The number of aryl methyl sites for hydroxylation is 1. The average molecular weight is 266 g/mol. The summed E-state index contributed by atoms with van der Waals surface area (Å²) in [5.41, 5.74) is -1.06. The zero-order chi connectivity index (χ0) is 14.6. The van der Waals surface area contributed by atoms with E-state index < -0.39 is 17.3 Å². The minimum atomic E-state index is -1.00. The van der Waals surface area contributed by atoms with Gasteiger partial charge >= 0.3 is 5.97 Å². The van der Waals surface area contributed by atoms with E-state index in [2.05, 4.69) is 5.32 Å². The third-order valence-electron chi connectivity index (χ3n) is 3.30. The van der Waals surface area contributed by atoms with Crippen molar-refractivity contribution in [2.45, 2.75) is 20.3 Å². The number of aromatic nitrogens is 1. The molecular formula is C13H18N2O4. The van der Waals surface area contributed by atoms with Gasteiger partial charge in [-0.05, 0) is 19.4 Å². The molecule has 0 spiro atoms. The van der Waals surface area contributed by atoms with Crippen LogP contribution in [0.1, 0.15) is 30.6 Å². The van der Waals surface area contributed by atoms with Crippen molar-refractivity contribution in [3.63, 3.8) is 0 Å². The number of carboxylic acid groups (broad SMARTS) is 1. The summed E-state index contributed by atoms with van der Waals surface area (Å²) in [6, 6.07) is 2.74. The van der Waals surface area contributed by atoms with Crippen molar-refractivity contribution in [3.8, 4) is 0 Å². The SMILES string of the molecule is CCC(C)(CNC(=O)c1ccn(C)c(=O)c1)C(=O)O. The fourth-order valence-corrected chi connectivity index (χ4v) is 1.42. The maximum atomic E-state index is 11.8. The molecule has 0 fully saturated rings. The molecule has 1 unspecified atom stereocenters. The third-order valence-corrected chi connectivity index (χ3v) is 3.30. The lowest BCUT2D eigenvalue weighted by Gasteiger charge is -2.23. The lowest BCUT2D eigenvalue weighted by atomic mass is 9.87. The van der Waals surface area contributed by atoms with Crippen molar-refractivity contribution in [1.82, 2.24) is 9.88 Å². The summed E-state index contributed by atoms with van der Waals surface area (Å²) in [5.74, 6) is -1.40. The first-order valence-corrected chi connectivity index (χ1v) is 5.98. The first-order valence-electron chi connectivity index (χ1n) is 5.98. The highest BCUT2D eigenvalue weighted by Crippen LogP contribution is 2.19. The molecule has 104 valence electrons. The highest BCUT2D eigenvalue weighted by Gasteiger charge is 2.31. The van der Waals surface area contributed by atoms with E-state index in [0.29, 0.717) is 6.42 Å². The van der Waals surface area contributed by atoms with Crippen molar-refractivity contribution in [3.05, 3.63) is 34.2 Å². The van der Waals surface area contributed by atoms with Gasteiger partial charge in [0.15, 0.2) is 0 Å². The number of carbonyl (C=O) groups excluding carboxylic acids is 1. The quantitative estimate of drug-likeness (QED) is 0.817. The number of pyridine rings is 1. The average Bonchev–Trinajstić information content (AvgIpc) is 2.38. The summed E-state index contributed by atoms with van der Waals surface area (Å²) in [6.07, 6.45) is 1.90. The number of hydrogen-bond acceptors (Lipinski definition) is 3. The second kappa shape index (κ2) is 5.69. The molecule has 1 amide bonds. The van der Waals surface area contributed by atoms with Gasteiger partial charge in [0.25, 0.3) is 11.5 Å². The van der Waals surface area contributed by atoms with Crippen molar-refractivity contribution >= 4 is 11.9 Å². The Morgan fingerprint density at radius 2 is 2.11 bits per heavy atom. The summed E-state index contributed by atoms with van der Waals surface area (Å²) in [5, 5.41) is 11.6. The third kappa shape index (κ3) is 3.43. The zero-order valence-electron chi connectivity index (χ0n) is 11.3. The number of nitrogens with one attached hydrogen (secondary N) is 1. The van der Waals surface area contributed by atoms with Gasteiger partial charge in [0.1, 0.15) is 0 Å².